The molecule has 0 radical (unpaired) electrons. The van der Waals surface area contributed by atoms with E-state index in [-0.39, 0.29) is 5.60 Å². The summed E-state index contributed by atoms with van der Waals surface area (Å²) in [6.07, 6.45) is 2.09. The SMILES string of the molecule is Cc1c(C)c2c(c(C)c1N)CC(C)(CN1CCN(CCc3ccccc3)CC1)O2. The first-order valence-electron chi connectivity index (χ1n) is 10.9. The Balaban J connectivity index is 1.33. The normalized spacial score (nSPS) is 22.5. The van der Waals surface area contributed by atoms with Gasteiger partial charge in [-0.05, 0) is 56.4 Å². The molecule has 0 amide bonds. The van der Waals surface area contributed by atoms with Crippen molar-refractivity contribution in [1.29, 1.82) is 0 Å². The molecule has 2 heterocycles. The summed E-state index contributed by atoms with van der Waals surface area (Å²) >= 11 is 0. The summed E-state index contributed by atoms with van der Waals surface area (Å²) in [7, 11) is 0. The summed E-state index contributed by atoms with van der Waals surface area (Å²) in [6, 6.07) is 10.8. The van der Waals surface area contributed by atoms with Gasteiger partial charge in [0, 0.05) is 56.9 Å². The minimum absolute atomic E-state index is 0.162. The van der Waals surface area contributed by atoms with E-state index in [0.717, 1.165) is 69.1 Å². The molecule has 4 nitrogen and oxygen atoms in total. The highest BCUT2D eigenvalue weighted by Crippen LogP contribution is 2.43. The van der Waals surface area contributed by atoms with E-state index in [1.54, 1.807) is 0 Å². The first-order valence-corrected chi connectivity index (χ1v) is 10.9. The van der Waals surface area contributed by atoms with Crippen LogP contribution in [0.25, 0.3) is 0 Å². The Morgan fingerprint density at radius 3 is 2.28 bits per heavy atom. The van der Waals surface area contributed by atoms with Crippen LogP contribution in [0.3, 0.4) is 0 Å². The molecule has 2 aromatic carbocycles. The Morgan fingerprint density at radius 1 is 0.931 bits per heavy atom. The lowest BCUT2D eigenvalue weighted by Crippen LogP contribution is -2.52. The maximum Gasteiger partial charge on any atom is 0.127 e. The molecular formula is C25H35N3O. The van der Waals surface area contributed by atoms with Gasteiger partial charge in [0.05, 0.1) is 0 Å². The minimum atomic E-state index is -0.162. The molecule has 4 heteroatoms. The molecule has 0 aliphatic carbocycles. The molecule has 1 saturated heterocycles. The minimum Gasteiger partial charge on any atom is -0.485 e. The van der Waals surface area contributed by atoms with Crippen molar-refractivity contribution >= 4 is 5.69 Å². The Hall–Kier alpha value is -2.04. The maximum atomic E-state index is 6.57. The van der Waals surface area contributed by atoms with Crippen molar-refractivity contribution in [2.45, 2.75) is 46.1 Å². The molecular weight excluding hydrogens is 358 g/mol. The number of piperazine rings is 1. The summed E-state index contributed by atoms with van der Waals surface area (Å²) < 4.78 is 6.57. The standard InChI is InChI=1S/C25H35N3O/c1-18-19(2)24-22(20(3)23(18)26)16-25(4,29-24)17-28-14-12-27(13-15-28)11-10-21-8-6-5-7-9-21/h5-9H,10-17,26H2,1-4H3. The van der Waals surface area contributed by atoms with Gasteiger partial charge in [-0.1, -0.05) is 30.3 Å². The number of benzene rings is 2. The molecule has 2 aromatic rings. The number of nitrogens with two attached hydrogens (primary N) is 1. The zero-order valence-electron chi connectivity index (χ0n) is 18.4. The fourth-order valence-electron chi connectivity index (χ4n) is 4.88. The lowest BCUT2D eigenvalue weighted by molar-refractivity contribution is 0.0381. The van der Waals surface area contributed by atoms with E-state index in [1.807, 2.05) is 0 Å². The molecule has 0 aromatic heterocycles. The monoisotopic (exact) mass is 393 g/mol. The van der Waals surface area contributed by atoms with Gasteiger partial charge >= 0.3 is 0 Å². The van der Waals surface area contributed by atoms with Gasteiger partial charge in [0.2, 0.25) is 0 Å². The highest BCUT2D eigenvalue weighted by Gasteiger charge is 2.39. The molecule has 1 atom stereocenters. The Labute approximate surface area is 175 Å². The van der Waals surface area contributed by atoms with Crippen molar-refractivity contribution in [3.8, 4) is 5.75 Å². The number of rotatable bonds is 5. The van der Waals surface area contributed by atoms with Gasteiger partial charge in [0.15, 0.2) is 0 Å². The van der Waals surface area contributed by atoms with E-state index in [1.165, 1.54) is 22.3 Å². The Bertz CT molecular complexity index is 833. The van der Waals surface area contributed by atoms with Crippen LogP contribution in [-0.4, -0.2) is 54.7 Å². The molecule has 1 fully saturated rings. The average Bonchev–Trinajstić information content (AvgIpc) is 3.08. The zero-order chi connectivity index (χ0) is 20.6. The van der Waals surface area contributed by atoms with Crippen LogP contribution in [0.1, 0.15) is 34.7 Å². The highest BCUT2D eigenvalue weighted by atomic mass is 16.5. The molecule has 0 spiro atoms. The predicted octanol–water partition coefficient (Wildman–Crippen LogP) is 3.75. The molecule has 0 saturated carbocycles. The van der Waals surface area contributed by atoms with Gasteiger partial charge in [-0.3, -0.25) is 4.90 Å². The van der Waals surface area contributed by atoms with Gasteiger partial charge in [0.1, 0.15) is 11.4 Å². The van der Waals surface area contributed by atoms with Crippen LogP contribution in [0.5, 0.6) is 5.75 Å². The summed E-state index contributed by atoms with van der Waals surface area (Å²) in [6.45, 7) is 15.3. The Morgan fingerprint density at radius 2 is 1.59 bits per heavy atom. The number of fused-ring (bicyclic) bond motifs is 1. The van der Waals surface area contributed by atoms with Crippen LogP contribution >= 0.6 is 0 Å². The van der Waals surface area contributed by atoms with Gasteiger partial charge in [-0.25, -0.2) is 0 Å². The molecule has 4 rings (SSSR count). The van der Waals surface area contributed by atoms with Crippen molar-refractivity contribution in [1.82, 2.24) is 9.80 Å². The van der Waals surface area contributed by atoms with E-state index in [4.69, 9.17) is 10.5 Å². The number of nitrogens with zero attached hydrogens (tertiary/aromatic N) is 2. The number of nitrogen functional groups attached to an aromatic ring is 1. The third-order valence-corrected chi connectivity index (χ3v) is 6.92. The van der Waals surface area contributed by atoms with E-state index in [0.29, 0.717) is 0 Å². The number of anilines is 1. The first kappa shape index (κ1) is 20.2. The van der Waals surface area contributed by atoms with Crippen LogP contribution in [0.15, 0.2) is 30.3 Å². The summed E-state index contributed by atoms with van der Waals surface area (Å²) in [5.41, 5.74) is 13.4. The van der Waals surface area contributed by atoms with Gasteiger partial charge in [-0.15, -0.1) is 0 Å². The molecule has 0 bridgehead atoms. The average molecular weight is 394 g/mol. The molecule has 29 heavy (non-hydrogen) atoms. The van der Waals surface area contributed by atoms with Crippen LogP contribution < -0.4 is 10.5 Å². The molecule has 2 aliphatic heterocycles. The first-order chi connectivity index (χ1) is 13.9. The van der Waals surface area contributed by atoms with Crippen molar-refractivity contribution in [3.63, 3.8) is 0 Å². The second-order valence-electron chi connectivity index (χ2n) is 9.18. The highest BCUT2D eigenvalue weighted by molar-refractivity contribution is 5.66. The van der Waals surface area contributed by atoms with Crippen molar-refractivity contribution in [2.24, 2.45) is 0 Å². The van der Waals surface area contributed by atoms with Crippen molar-refractivity contribution < 1.29 is 4.74 Å². The molecule has 1 unspecified atom stereocenters. The van der Waals surface area contributed by atoms with Crippen LogP contribution in [0.4, 0.5) is 5.69 Å². The lowest BCUT2D eigenvalue weighted by atomic mass is 9.91. The van der Waals surface area contributed by atoms with Gasteiger partial charge in [0.25, 0.3) is 0 Å². The van der Waals surface area contributed by atoms with Crippen LogP contribution in [0.2, 0.25) is 0 Å². The lowest BCUT2D eigenvalue weighted by Gasteiger charge is -2.38. The molecule has 2 N–H and O–H groups in total. The number of ether oxygens (including phenoxy) is 1. The van der Waals surface area contributed by atoms with Gasteiger partial charge in [-0.2, -0.15) is 0 Å². The topological polar surface area (TPSA) is 41.7 Å². The van der Waals surface area contributed by atoms with E-state index >= 15 is 0 Å². The summed E-state index contributed by atoms with van der Waals surface area (Å²) in [5.74, 6) is 1.08. The smallest absolute Gasteiger partial charge is 0.127 e. The fourth-order valence-corrected chi connectivity index (χ4v) is 4.88. The van der Waals surface area contributed by atoms with E-state index in [2.05, 4.69) is 67.8 Å². The van der Waals surface area contributed by atoms with Crippen molar-refractivity contribution in [3.05, 3.63) is 58.1 Å². The maximum absolute atomic E-state index is 6.57. The second-order valence-corrected chi connectivity index (χ2v) is 9.18. The fraction of sp³-hybridized carbons (Fsp3) is 0.520. The summed E-state index contributed by atoms with van der Waals surface area (Å²) in [5, 5.41) is 0. The van der Waals surface area contributed by atoms with Crippen molar-refractivity contribution in [2.75, 3.05) is 45.0 Å². The third-order valence-electron chi connectivity index (χ3n) is 6.92. The van der Waals surface area contributed by atoms with Crippen LogP contribution in [0, 0.1) is 20.8 Å². The quantitative estimate of drug-likeness (QED) is 0.786. The van der Waals surface area contributed by atoms with E-state index in [9.17, 15) is 0 Å². The van der Waals surface area contributed by atoms with Crippen LogP contribution in [-0.2, 0) is 12.8 Å². The zero-order valence-corrected chi connectivity index (χ0v) is 18.4. The van der Waals surface area contributed by atoms with E-state index < -0.39 is 0 Å². The number of hydrogen-bond acceptors (Lipinski definition) is 4. The molecule has 2 aliphatic rings. The predicted molar refractivity (Wildman–Crippen MR) is 121 cm³/mol. The Kier molecular flexibility index (Phi) is 5.58. The summed E-state index contributed by atoms with van der Waals surface area (Å²) in [4.78, 5) is 5.17. The molecule has 156 valence electrons. The second kappa shape index (κ2) is 8.00. The van der Waals surface area contributed by atoms with Gasteiger partial charge < -0.3 is 15.4 Å². The largest absolute Gasteiger partial charge is 0.485 e. The third kappa shape index (κ3) is 4.15. The number of hydrogen-bond donors (Lipinski definition) is 1.